The van der Waals surface area contributed by atoms with Crippen molar-refractivity contribution in [3.05, 3.63) is 35.4 Å². The van der Waals surface area contributed by atoms with E-state index in [1.807, 2.05) is 0 Å². The summed E-state index contributed by atoms with van der Waals surface area (Å²) in [6, 6.07) is 6.90. The lowest BCUT2D eigenvalue weighted by molar-refractivity contribution is 0.0677. The van der Waals surface area contributed by atoms with E-state index in [4.69, 9.17) is 5.11 Å². The molecular formula is C13H17NO3. The molecule has 0 spiro atoms. The quantitative estimate of drug-likeness (QED) is 0.813. The zero-order valence-corrected chi connectivity index (χ0v) is 9.67. The van der Waals surface area contributed by atoms with Crippen LogP contribution in [0.1, 0.15) is 28.8 Å². The molecular weight excluding hydrogens is 218 g/mol. The van der Waals surface area contributed by atoms with Crippen molar-refractivity contribution in [2.45, 2.75) is 25.5 Å². The number of aliphatic hydroxyl groups excluding tert-OH is 2. The summed E-state index contributed by atoms with van der Waals surface area (Å²) in [5.74, 6) is -0.0361. The number of nitrogens with zero attached hydrogens (tertiary/aromatic N) is 1. The molecule has 1 saturated heterocycles. The summed E-state index contributed by atoms with van der Waals surface area (Å²) < 4.78 is 0. The minimum atomic E-state index is -0.0416. The lowest BCUT2D eigenvalue weighted by atomic mass is 10.1. The zero-order valence-electron chi connectivity index (χ0n) is 9.67. The smallest absolute Gasteiger partial charge is 0.254 e. The Kier molecular flexibility index (Phi) is 3.76. The number of amides is 1. The lowest BCUT2D eigenvalue weighted by Gasteiger charge is -2.23. The number of hydrogen-bond acceptors (Lipinski definition) is 3. The Morgan fingerprint density at radius 1 is 1.29 bits per heavy atom. The lowest BCUT2D eigenvalue weighted by Crippen LogP contribution is -2.37. The average molecular weight is 235 g/mol. The molecule has 4 nitrogen and oxygen atoms in total. The predicted octanol–water partition coefficient (Wildman–Crippen LogP) is 0.776. The van der Waals surface area contributed by atoms with Gasteiger partial charge in [-0.2, -0.15) is 0 Å². The fourth-order valence-electron chi connectivity index (χ4n) is 2.21. The van der Waals surface area contributed by atoms with E-state index in [1.54, 1.807) is 29.2 Å². The molecule has 4 heteroatoms. The molecule has 1 fully saturated rings. The first kappa shape index (κ1) is 12.1. The highest BCUT2D eigenvalue weighted by Gasteiger charge is 2.28. The Morgan fingerprint density at radius 2 is 2.00 bits per heavy atom. The van der Waals surface area contributed by atoms with Crippen LogP contribution in [0.15, 0.2) is 24.3 Å². The first-order chi connectivity index (χ1) is 8.26. The fourth-order valence-corrected chi connectivity index (χ4v) is 2.21. The van der Waals surface area contributed by atoms with Gasteiger partial charge in [0.15, 0.2) is 0 Å². The molecule has 0 bridgehead atoms. The highest BCUT2D eigenvalue weighted by molar-refractivity contribution is 5.94. The highest BCUT2D eigenvalue weighted by atomic mass is 16.3. The summed E-state index contributed by atoms with van der Waals surface area (Å²) in [6.07, 6.45) is 1.82. The molecule has 1 amide bonds. The molecule has 0 aromatic heterocycles. The van der Waals surface area contributed by atoms with Gasteiger partial charge in [-0.25, -0.2) is 0 Å². The molecule has 17 heavy (non-hydrogen) atoms. The Morgan fingerprint density at radius 3 is 2.59 bits per heavy atom. The maximum Gasteiger partial charge on any atom is 0.254 e. The third-order valence-electron chi connectivity index (χ3n) is 3.23. The molecule has 1 unspecified atom stereocenters. The predicted molar refractivity (Wildman–Crippen MR) is 63.5 cm³/mol. The molecule has 1 aromatic carbocycles. The third-order valence-corrected chi connectivity index (χ3v) is 3.23. The second kappa shape index (κ2) is 5.29. The number of hydrogen-bond donors (Lipinski definition) is 2. The van der Waals surface area contributed by atoms with E-state index in [0.717, 1.165) is 18.4 Å². The third kappa shape index (κ3) is 2.48. The first-order valence-corrected chi connectivity index (χ1v) is 5.88. The standard InChI is InChI=1S/C13H17NO3/c15-8-10-3-5-11(6-4-10)13(17)14-7-1-2-12(14)9-16/h3-6,12,15-16H,1-2,7-9H2. The number of likely N-dealkylation sites (tertiary alicyclic amines) is 1. The van der Waals surface area contributed by atoms with Crippen LogP contribution in [-0.4, -0.2) is 40.2 Å². The Hall–Kier alpha value is -1.39. The van der Waals surface area contributed by atoms with Crippen LogP contribution >= 0.6 is 0 Å². The monoisotopic (exact) mass is 235 g/mol. The van der Waals surface area contributed by atoms with Crippen LogP contribution in [0, 0.1) is 0 Å². The Labute approximate surface area is 100 Å². The number of rotatable bonds is 3. The molecule has 2 N–H and O–H groups in total. The number of benzene rings is 1. The van der Waals surface area contributed by atoms with Crippen molar-refractivity contribution in [3.8, 4) is 0 Å². The van der Waals surface area contributed by atoms with Gasteiger partial charge in [0.1, 0.15) is 0 Å². The zero-order chi connectivity index (χ0) is 12.3. The summed E-state index contributed by atoms with van der Waals surface area (Å²) in [5.41, 5.74) is 1.41. The van der Waals surface area contributed by atoms with Crippen LogP contribution < -0.4 is 0 Å². The van der Waals surface area contributed by atoms with Gasteiger partial charge in [-0.1, -0.05) is 12.1 Å². The molecule has 92 valence electrons. The Bertz CT molecular complexity index is 388. The van der Waals surface area contributed by atoms with Crippen LogP contribution in [0.4, 0.5) is 0 Å². The van der Waals surface area contributed by atoms with Gasteiger partial charge >= 0.3 is 0 Å². The summed E-state index contributed by atoms with van der Waals surface area (Å²) in [5, 5.41) is 18.1. The van der Waals surface area contributed by atoms with E-state index < -0.39 is 0 Å². The summed E-state index contributed by atoms with van der Waals surface area (Å²) in [6.45, 7) is 0.726. The van der Waals surface area contributed by atoms with Crippen molar-refractivity contribution >= 4 is 5.91 Å². The van der Waals surface area contributed by atoms with Gasteiger partial charge in [-0.3, -0.25) is 4.79 Å². The van der Waals surface area contributed by atoms with Gasteiger partial charge in [0, 0.05) is 12.1 Å². The van der Waals surface area contributed by atoms with Gasteiger partial charge < -0.3 is 15.1 Å². The van der Waals surface area contributed by atoms with E-state index in [9.17, 15) is 9.90 Å². The second-order valence-electron chi connectivity index (χ2n) is 4.33. The molecule has 1 heterocycles. The van der Waals surface area contributed by atoms with E-state index in [1.165, 1.54) is 0 Å². The van der Waals surface area contributed by atoms with Crippen molar-refractivity contribution in [2.75, 3.05) is 13.2 Å². The fraction of sp³-hybridized carbons (Fsp3) is 0.462. The van der Waals surface area contributed by atoms with E-state index in [-0.39, 0.29) is 25.2 Å². The molecule has 1 aromatic rings. The molecule has 0 radical (unpaired) electrons. The van der Waals surface area contributed by atoms with Gasteiger partial charge in [-0.05, 0) is 30.5 Å². The van der Waals surface area contributed by atoms with Gasteiger partial charge in [-0.15, -0.1) is 0 Å². The number of aliphatic hydroxyl groups is 2. The van der Waals surface area contributed by atoms with E-state index in [2.05, 4.69) is 0 Å². The van der Waals surface area contributed by atoms with Gasteiger partial charge in [0.2, 0.25) is 0 Å². The molecule has 0 saturated carbocycles. The van der Waals surface area contributed by atoms with Crippen molar-refractivity contribution in [1.82, 2.24) is 4.90 Å². The molecule has 0 aliphatic carbocycles. The van der Waals surface area contributed by atoms with Crippen LogP contribution in [0.3, 0.4) is 0 Å². The SMILES string of the molecule is O=C(c1ccc(CO)cc1)N1CCCC1CO. The molecule has 1 atom stereocenters. The van der Waals surface area contributed by atoms with E-state index in [0.29, 0.717) is 12.1 Å². The molecule has 1 aliphatic rings. The summed E-state index contributed by atoms with van der Waals surface area (Å²) >= 11 is 0. The second-order valence-corrected chi connectivity index (χ2v) is 4.33. The van der Waals surface area contributed by atoms with Crippen molar-refractivity contribution in [2.24, 2.45) is 0 Å². The van der Waals surface area contributed by atoms with Crippen molar-refractivity contribution in [1.29, 1.82) is 0 Å². The Balaban J connectivity index is 2.13. The van der Waals surface area contributed by atoms with Gasteiger partial charge in [0.05, 0.1) is 19.3 Å². The average Bonchev–Trinajstić information content (AvgIpc) is 2.86. The number of carbonyl (C=O) groups is 1. The maximum absolute atomic E-state index is 12.2. The highest BCUT2D eigenvalue weighted by Crippen LogP contribution is 2.19. The van der Waals surface area contributed by atoms with Crippen molar-refractivity contribution in [3.63, 3.8) is 0 Å². The van der Waals surface area contributed by atoms with E-state index >= 15 is 0 Å². The van der Waals surface area contributed by atoms with Crippen LogP contribution in [0.5, 0.6) is 0 Å². The largest absolute Gasteiger partial charge is 0.394 e. The van der Waals surface area contributed by atoms with Gasteiger partial charge in [0.25, 0.3) is 5.91 Å². The number of carbonyl (C=O) groups excluding carboxylic acids is 1. The first-order valence-electron chi connectivity index (χ1n) is 5.88. The van der Waals surface area contributed by atoms with Crippen LogP contribution in [0.25, 0.3) is 0 Å². The molecule has 1 aliphatic heterocycles. The molecule has 2 rings (SSSR count). The summed E-state index contributed by atoms with van der Waals surface area (Å²) in [7, 11) is 0. The summed E-state index contributed by atoms with van der Waals surface area (Å²) in [4.78, 5) is 13.9. The topological polar surface area (TPSA) is 60.8 Å². The van der Waals surface area contributed by atoms with Crippen LogP contribution in [-0.2, 0) is 6.61 Å². The minimum Gasteiger partial charge on any atom is -0.394 e. The normalized spacial score (nSPS) is 19.6. The maximum atomic E-state index is 12.2. The van der Waals surface area contributed by atoms with Crippen molar-refractivity contribution < 1.29 is 15.0 Å². The minimum absolute atomic E-state index is 0.0164. The van der Waals surface area contributed by atoms with Crippen LogP contribution in [0.2, 0.25) is 0 Å².